The van der Waals surface area contributed by atoms with Crippen LogP contribution < -0.4 is 10.1 Å². The van der Waals surface area contributed by atoms with Crippen LogP contribution >= 0.6 is 0 Å². The van der Waals surface area contributed by atoms with Gasteiger partial charge in [0.1, 0.15) is 0 Å². The number of aryl methyl sites for hydroxylation is 1. The van der Waals surface area contributed by atoms with Crippen LogP contribution in [0.15, 0.2) is 36.5 Å². The van der Waals surface area contributed by atoms with E-state index in [4.69, 9.17) is 4.74 Å². The maximum absolute atomic E-state index is 13.4. The smallest absolute Gasteiger partial charge is 0.167 e. The first kappa shape index (κ1) is 12.4. The summed E-state index contributed by atoms with van der Waals surface area (Å²) in [5, 5.41) is 3.11. The van der Waals surface area contributed by atoms with Gasteiger partial charge in [0.05, 0.1) is 19.3 Å². The van der Waals surface area contributed by atoms with Crippen LogP contribution in [-0.2, 0) is 6.54 Å². The summed E-state index contributed by atoms with van der Waals surface area (Å²) in [5.41, 5.74) is 2.74. The Hall–Kier alpha value is -2.10. The molecule has 0 saturated carbocycles. The quantitative estimate of drug-likeness (QED) is 0.899. The first-order chi connectivity index (χ1) is 8.69. The predicted octanol–water partition coefficient (Wildman–Crippen LogP) is 3.15. The number of methoxy groups -OCH3 is 1. The standard InChI is InChI=1S/C14H15FN2O/c1-10-3-4-12(16-8-10)9-17-11-5-6-14(18-2)13(15)7-11/h3-8,17H,9H2,1-2H3. The summed E-state index contributed by atoms with van der Waals surface area (Å²) < 4.78 is 18.3. The summed E-state index contributed by atoms with van der Waals surface area (Å²) >= 11 is 0. The second kappa shape index (κ2) is 5.49. The highest BCUT2D eigenvalue weighted by molar-refractivity contribution is 5.47. The molecule has 2 aromatic rings. The Morgan fingerprint density at radius 2 is 2.11 bits per heavy atom. The molecule has 0 atom stereocenters. The van der Waals surface area contributed by atoms with Gasteiger partial charge in [-0.25, -0.2) is 4.39 Å². The minimum atomic E-state index is -0.376. The second-order valence-corrected chi connectivity index (χ2v) is 4.03. The zero-order valence-electron chi connectivity index (χ0n) is 10.4. The van der Waals surface area contributed by atoms with Gasteiger partial charge in [-0.2, -0.15) is 0 Å². The maximum atomic E-state index is 13.4. The average Bonchev–Trinajstić information content (AvgIpc) is 2.38. The topological polar surface area (TPSA) is 34.1 Å². The maximum Gasteiger partial charge on any atom is 0.167 e. The molecule has 1 heterocycles. The second-order valence-electron chi connectivity index (χ2n) is 4.03. The number of nitrogens with zero attached hydrogens (tertiary/aromatic N) is 1. The first-order valence-corrected chi connectivity index (χ1v) is 5.68. The fourth-order valence-electron chi connectivity index (χ4n) is 1.57. The lowest BCUT2D eigenvalue weighted by Crippen LogP contribution is -2.02. The molecule has 0 fully saturated rings. The van der Waals surface area contributed by atoms with Gasteiger partial charge >= 0.3 is 0 Å². The molecule has 18 heavy (non-hydrogen) atoms. The van der Waals surface area contributed by atoms with Crippen molar-refractivity contribution in [3.8, 4) is 5.75 Å². The fourth-order valence-corrected chi connectivity index (χ4v) is 1.57. The molecule has 0 amide bonds. The Bertz CT molecular complexity index is 526. The largest absolute Gasteiger partial charge is 0.494 e. The minimum absolute atomic E-state index is 0.244. The van der Waals surface area contributed by atoms with E-state index in [0.29, 0.717) is 12.2 Å². The van der Waals surface area contributed by atoms with E-state index < -0.39 is 0 Å². The number of rotatable bonds is 4. The van der Waals surface area contributed by atoms with E-state index >= 15 is 0 Å². The van der Waals surface area contributed by atoms with Gasteiger partial charge in [-0.3, -0.25) is 4.98 Å². The van der Waals surface area contributed by atoms with Gasteiger partial charge in [0.15, 0.2) is 11.6 Å². The zero-order chi connectivity index (χ0) is 13.0. The average molecular weight is 246 g/mol. The van der Waals surface area contributed by atoms with E-state index in [9.17, 15) is 4.39 Å². The van der Waals surface area contributed by atoms with Crippen LogP contribution in [0.25, 0.3) is 0 Å². The molecule has 2 rings (SSSR count). The van der Waals surface area contributed by atoms with Crippen LogP contribution in [0.4, 0.5) is 10.1 Å². The SMILES string of the molecule is COc1ccc(NCc2ccc(C)cn2)cc1F. The summed E-state index contributed by atoms with van der Waals surface area (Å²) in [6.45, 7) is 2.55. The monoisotopic (exact) mass is 246 g/mol. The molecule has 3 nitrogen and oxygen atoms in total. The van der Waals surface area contributed by atoms with Crippen molar-refractivity contribution < 1.29 is 9.13 Å². The van der Waals surface area contributed by atoms with E-state index in [2.05, 4.69) is 10.3 Å². The number of benzene rings is 1. The van der Waals surface area contributed by atoms with E-state index in [1.165, 1.54) is 13.2 Å². The van der Waals surface area contributed by atoms with Gasteiger partial charge in [-0.05, 0) is 30.7 Å². The lowest BCUT2D eigenvalue weighted by atomic mass is 10.2. The Morgan fingerprint density at radius 1 is 1.28 bits per heavy atom. The minimum Gasteiger partial charge on any atom is -0.494 e. The molecule has 0 spiro atoms. The van der Waals surface area contributed by atoms with Crippen molar-refractivity contribution in [1.82, 2.24) is 4.98 Å². The summed E-state index contributed by atoms with van der Waals surface area (Å²) in [6, 6.07) is 8.73. The molecular weight excluding hydrogens is 231 g/mol. The van der Waals surface area contributed by atoms with Crippen molar-refractivity contribution in [3.05, 3.63) is 53.6 Å². The van der Waals surface area contributed by atoms with Gasteiger partial charge < -0.3 is 10.1 Å². The molecule has 0 aliphatic carbocycles. The first-order valence-electron chi connectivity index (χ1n) is 5.68. The molecule has 4 heteroatoms. The number of pyridine rings is 1. The van der Waals surface area contributed by atoms with Gasteiger partial charge in [-0.15, -0.1) is 0 Å². The number of nitrogens with one attached hydrogen (secondary N) is 1. The van der Waals surface area contributed by atoms with Gasteiger partial charge in [0.25, 0.3) is 0 Å². The molecular formula is C14H15FN2O. The van der Waals surface area contributed by atoms with E-state index in [-0.39, 0.29) is 11.6 Å². The molecule has 0 unspecified atom stereocenters. The Labute approximate surface area is 106 Å². The van der Waals surface area contributed by atoms with Crippen LogP contribution in [0, 0.1) is 12.7 Å². The molecule has 0 radical (unpaired) electrons. The lowest BCUT2D eigenvalue weighted by Gasteiger charge is -2.08. The van der Waals surface area contributed by atoms with E-state index in [1.54, 1.807) is 12.1 Å². The number of aromatic nitrogens is 1. The Balaban J connectivity index is 2.02. The fraction of sp³-hybridized carbons (Fsp3) is 0.214. The third kappa shape index (κ3) is 2.97. The molecule has 0 bridgehead atoms. The van der Waals surface area contributed by atoms with Crippen molar-refractivity contribution in [2.45, 2.75) is 13.5 Å². The molecule has 1 aromatic carbocycles. The van der Waals surface area contributed by atoms with Gasteiger partial charge in [-0.1, -0.05) is 6.07 Å². The van der Waals surface area contributed by atoms with Crippen molar-refractivity contribution in [1.29, 1.82) is 0 Å². The molecule has 0 saturated heterocycles. The van der Waals surface area contributed by atoms with Crippen molar-refractivity contribution in [2.24, 2.45) is 0 Å². The Kier molecular flexibility index (Phi) is 3.77. The van der Waals surface area contributed by atoms with Crippen molar-refractivity contribution >= 4 is 5.69 Å². The normalized spacial score (nSPS) is 10.2. The van der Waals surface area contributed by atoms with Crippen molar-refractivity contribution in [3.63, 3.8) is 0 Å². The predicted molar refractivity (Wildman–Crippen MR) is 69.3 cm³/mol. The lowest BCUT2D eigenvalue weighted by molar-refractivity contribution is 0.386. The third-order valence-corrected chi connectivity index (χ3v) is 2.60. The molecule has 0 aliphatic rings. The number of halogens is 1. The summed E-state index contributed by atoms with van der Waals surface area (Å²) in [4.78, 5) is 4.27. The van der Waals surface area contributed by atoms with Crippen LogP contribution in [0.1, 0.15) is 11.3 Å². The number of hydrogen-bond donors (Lipinski definition) is 1. The van der Waals surface area contributed by atoms with E-state index in [1.807, 2.05) is 25.3 Å². The van der Waals surface area contributed by atoms with Crippen LogP contribution in [0.2, 0.25) is 0 Å². The number of ether oxygens (including phenoxy) is 1. The third-order valence-electron chi connectivity index (χ3n) is 2.60. The van der Waals surface area contributed by atoms with Crippen LogP contribution in [0.5, 0.6) is 5.75 Å². The van der Waals surface area contributed by atoms with Crippen LogP contribution in [0.3, 0.4) is 0 Å². The summed E-state index contributed by atoms with van der Waals surface area (Å²) in [7, 11) is 1.45. The number of anilines is 1. The molecule has 94 valence electrons. The highest BCUT2D eigenvalue weighted by Gasteiger charge is 2.03. The molecule has 0 aliphatic heterocycles. The summed E-state index contributed by atoms with van der Waals surface area (Å²) in [6.07, 6.45) is 1.81. The summed E-state index contributed by atoms with van der Waals surface area (Å²) in [5.74, 6) is -0.131. The van der Waals surface area contributed by atoms with E-state index in [0.717, 1.165) is 11.3 Å². The van der Waals surface area contributed by atoms with Gasteiger partial charge in [0, 0.05) is 18.0 Å². The highest BCUT2D eigenvalue weighted by Crippen LogP contribution is 2.20. The van der Waals surface area contributed by atoms with Gasteiger partial charge in [0.2, 0.25) is 0 Å². The molecule has 1 N–H and O–H groups in total. The zero-order valence-corrected chi connectivity index (χ0v) is 10.4. The van der Waals surface area contributed by atoms with Crippen molar-refractivity contribution in [2.75, 3.05) is 12.4 Å². The Morgan fingerprint density at radius 3 is 2.72 bits per heavy atom. The van der Waals surface area contributed by atoms with Crippen LogP contribution in [-0.4, -0.2) is 12.1 Å². The molecule has 1 aromatic heterocycles. The highest BCUT2D eigenvalue weighted by atomic mass is 19.1. The number of hydrogen-bond acceptors (Lipinski definition) is 3.